The van der Waals surface area contributed by atoms with E-state index in [1.807, 2.05) is 26.0 Å². The molecule has 132 valence electrons. The molecule has 1 fully saturated rings. The molecule has 0 spiro atoms. The zero-order valence-corrected chi connectivity index (χ0v) is 14.4. The Labute approximate surface area is 150 Å². The molecule has 1 aliphatic carbocycles. The van der Waals surface area contributed by atoms with Gasteiger partial charge in [-0.05, 0) is 12.1 Å². The van der Waals surface area contributed by atoms with Gasteiger partial charge in [-0.3, -0.25) is 9.59 Å². The lowest BCUT2D eigenvalue weighted by Crippen LogP contribution is -2.75. The van der Waals surface area contributed by atoms with Crippen LogP contribution in [0.3, 0.4) is 0 Å². The van der Waals surface area contributed by atoms with Gasteiger partial charge in [-0.15, -0.1) is 0 Å². The first-order valence-corrected chi connectivity index (χ1v) is 8.52. The summed E-state index contributed by atoms with van der Waals surface area (Å²) >= 11 is 0. The molecule has 2 aromatic carbocycles. The highest BCUT2D eigenvalue weighted by Gasteiger charge is 2.77. The second-order valence-corrected chi connectivity index (χ2v) is 7.71. The van der Waals surface area contributed by atoms with Gasteiger partial charge in [0.05, 0.1) is 11.8 Å². The summed E-state index contributed by atoms with van der Waals surface area (Å²) < 4.78 is 11.0. The van der Waals surface area contributed by atoms with Crippen LogP contribution < -0.4 is 20.9 Å². The molecule has 3 aliphatic rings. The Morgan fingerprint density at radius 3 is 1.54 bits per heavy atom. The average molecular weight is 350 g/mol. The minimum absolute atomic E-state index is 0.413. The van der Waals surface area contributed by atoms with Crippen LogP contribution in [0.4, 0.5) is 11.4 Å². The van der Waals surface area contributed by atoms with Crippen molar-refractivity contribution in [2.75, 3.05) is 11.5 Å². The minimum Gasteiger partial charge on any atom is -0.426 e. The van der Waals surface area contributed by atoms with E-state index in [2.05, 4.69) is 0 Å². The van der Waals surface area contributed by atoms with E-state index in [-0.39, 0.29) is 0 Å². The van der Waals surface area contributed by atoms with E-state index in [1.165, 1.54) is 0 Å². The first-order chi connectivity index (χ1) is 12.3. The van der Waals surface area contributed by atoms with Crippen LogP contribution in [-0.2, 0) is 20.4 Å². The van der Waals surface area contributed by atoms with Gasteiger partial charge >= 0.3 is 11.9 Å². The third kappa shape index (κ3) is 1.45. The van der Waals surface area contributed by atoms with Gasteiger partial charge in [0.25, 0.3) is 0 Å². The van der Waals surface area contributed by atoms with E-state index in [0.29, 0.717) is 22.9 Å². The lowest BCUT2D eigenvalue weighted by Gasteiger charge is -2.67. The molecule has 0 radical (unpaired) electrons. The number of fused-ring (bicyclic) bond motifs is 8. The number of carbonyl (C=O) groups excluding carboxylic acids is 2. The number of hydrogen-bond acceptors (Lipinski definition) is 6. The van der Waals surface area contributed by atoms with Crippen LogP contribution in [0.1, 0.15) is 25.0 Å². The zero-order chi connectivity index (χ0) is 18.4. The van der Waals surface area contributed by atoms with Gasteiger partial charge in [0, 0.05) is 45.5 Å². The summed E-state index contributed by atoms with van der Waals surface area (Å²) in [4.78, 5) is 25.5. The molecule has 1 saturated carbocycles. The molecule has 0 amide bonds. The van der Waals surface area contributed by atoms with Crippen molar-refractivity contribution < 1.29 is 19.1 Å². The number of hydrogen-bond donors (Lipinski definition) is 2. The monoisotopic (exact) mass is 350 g/mol. The summed E-state index contributed by atoms with van der Waals surface area (Å²) in [6.45, 7) is 4.03. The maximum atomic E-state index is 12.8. The molecule has 6 heteroatoms. The number of carbonyl (C=O) groups is 2. The molecule has 4 atom stereocenters. The van der Waals surface area contributed by atoms with Crippen LogP contribution in [0.2, 0.25) is 0 Å². The lowest BCUT2D eigenvalue weighted by molar-refractivity contribution is -0.186. The molecular formula is C20H18N2O4. The zero-order valence-electron chi connectivity index (χ0n) is 14.4. The van der Waals surface area contributed by atoms with E-state index in [4.69, 9.17) is 20.9 Å². The first-order valence-electron chi connectivity index (χ1n) is 8.52. The number of ether oxygens (including phenoxy) is 2. The number of nitrogen functional groups attached to an aromatic ring is 2. The molecular weight excluding hydrogens is 332 g/mol. The van der Waals surface area contributed by atoms with E-state index in [1.54, 1.807) is 24.3 Å². The van der Waals surface area contributed by atoms with Gasteiger partial charge in [-0.1, -0.05) is 26.0 Å². The van der Waals surface area contributed by atoms with Crippen LogP contribution in [0.15, 0.2) is 36.4 Å². The second-order valence-electron chi connectivity index (χ2n) is 7.71. The Balaban J connectivity index is 1.81. The van der Waals surface area contributed by atoms with Crippen molar-refractivity contribution in [3.8, 4) is 11.5 Å². The van der Waals surface area contributed by atoms with Crippen molar-refractivity contribution in [3.05, 3.63) is 47.5 Å². The topological polar surface area (TPSA) is 105 Å². The summed E-state index contributed by atoms with van der Waals surface area (Å²) in [6, 6.07) is 10.7. The molecule has 0 bridgehead atoms. The molecule has 2 aliphatic heterocycles. The third-order valence-corrected chi connectivity index (χ3v) is 6.72. The van der Waals surface area contributed by atoms with Crippen LogP contribution in [0, 0.1) is 11.8 Å². The Morgan fingerprint density at radius 2 is 1.15 bits per heavy atom. The highest BCUT2D eigenvalue weighted by molar-refractivity contribution is 5.95. The summed E-state index contributed by atoms with van der Waals surface area (Å²) in [5.74, 6) is -1.09. The summed E-state index contributed by atoms with van der Waals surface area (Å²) in [6.07, 6.45) is 0. The fourth-order valence-corrected chi connectivity index (χ4v) is 5.30. The Kier molecular flexibility index (Phi) is 2.57. The first kappa shape index (κ1) is 15.3. The molecule has 5 rings (SSSR count). The predicted molar refractivity (Wildman–Crippen MR) is 94.7 cm³/mol. The Bertz CT molecular complexity index is 935. The molecule has 4 N–H and O–H groups in total. The molecule has 26 heavy (non-hydrogen) atoms. The van der Waals surface area contributed by atoms with Gasteiger partial charge in [-0.2, -0.15) is 0 Å². The second kappa shape index (κ2) is 4.38. The summed E-state index contributed by atoms with van der Waals surface area (Å²) in [5.41, 5.74) is 13.3. The van der Waals surface area contributed by atoms with Crippen molar-refractivity contribution in [1.82, 2.24) is 0 Å². The van der Waals surface area contributed by atoms with Crippen LogP contribution in [0.25, 0.3) is 0 Å². The van der Waals surface area contributed by atoms with E-state index in [0.717, 1.165) is 11.1 Å². The van der Waals surface area contributed by atoms with Crippen LogP contribution in [-0.4, -0.2) is 11.9 Å². The molecule has 0 aromatic heterocycles. The normalized spacial score (nSPS) is 33.6. The lowest BCUT2D eigenvalue weighted by atomic mass is 9.34. The standard InChI is InChI=1S/C20H18N2O4/c1-19-11-5-3-9(21)7-13(11)25-17(23)15(19)16-18(24)26-14-8-10(22)4-6-12(14)20(16,19)2/h3-8,15-16H,21-22H2,1-2H3/t15-,16+,19+,20-. The van der Waals surface area contributed by atoms with Crippen molar-refractivity contribution in [3.63, 3.8) is 0 Å². The van der Waals surface area contributed by atoms with Crippen molar-refractivity contribution in [2.45, 2.75) is 24.7 Å². The summed E-state index contributed by atoms with van der Waals surface area (Å²) in [7, 11) is 0. The number of anilines is 2. The highest BCUT2D eigenvalue weighted by atomic mass is 16.5. The average Bonchev–Trinajstić information content (AvgIpc) is 2.56. The molecule has 6 nitrogen and oxygen atoms in total. The molecule has 0 saturated heterocycles. The summed E-state index contributed by atoms with van der Waals surface area (Å²) in [5, 5.41) is 0. The SMILES string of the molecule is C[C@]12c3ccc(N)cc3OC(=O)[C@H]1[C@H]1C(=O)Oc3cc(N)ccc3[C@]12C. The third-order valence-electron chi connectivity index (χ3n) is 6.72. The van der Waals surface area contributed by atoms with Crippen LogP contribution >= 0.6 is 0 Å². The quantitative estimate of drug-likeness (QED) is 0.428. The number of esters is 2. The smallest absolute Gasteiger partial charge is 0.316 e. The fraction of sp³-hybridized carbons (Fsp3) is 0.300. The predicted octanol–water partition coefficient (Wildman–Crippen LogP) is 2.15. The maximum absolute atomic E-state index is 12.8. The Hall–Kier alpha value is -3.02. The van der Waals surface area contributed by atoms with Gasteiger partial charge in [0.2, 0.25) is 0 Å². The molecule has 0 unspecified atom stereocenters. The largest absolute Gasteiger partial charge is 0.426 e. The minimum atomic E-state index is -0.611. The van der Waals surface area contributed by atoms with Crippen molar-refractivity contribution >= 4 is 23.3 Å². The number of benzene rings is 2. The van der Waals surface area contributed by atoms with Gasteiger partial charge in [-0.25, -0.2) is 0 Å². The number of rotatable bonds is 0. The van der Waals surface area contributed by atoms with Crippen molar-refractivity contribution in [2.24, 2.45) is 11.8 Å². The molecule has 2 heterocycles. The highest BCUT2D eigenvalue weighted by Crippen LogP contribution is 2.71. The van der Waals surface area contributed by atoms with Crippen LogP contribution in [0.5, 0.6) is 11.5 Å². The van der Waals surface area contributed by atoms with E-state index < -0.39 is 34.6 Å². The molecule has 2 aromatic rings. The maximum Gasteiger partial charge on any atom is 0.316 e. The van der Waals surface area contributed by atoms with E-state index in [9.17, 15) is 9.59 Å². The van der Waals surface area contributed by atoms with Gasteiger partial charge < -0.3 is 20.9 Å². The Morgan fingerprint density at radius 1 is 0.769 bits per heavy atom. The fourth-order valence-electron chi connectivity index (χ4n) is 5.30. The van der Waals surface area contributed by atoms with E-state index >= 15 is 0 Å². The van der Waals surface area contributed by atoms with Gasteiger partial charge in [0.1, 0.15) is 11.5 Å². The van der Waals surface area contributed by atoms with Gasteiger partial charge in [0.15, 0.2) is 0 Å². The van der Waals surface area contributed by atoms with Crippen molar-refractivity contribution in [1.29, 1.82) is 0 Å². The number of nitrogens with two attached hydrogens (primary N) is 2.